The quantitative estimate of drug-likeness (QED) is 0.771. The topological polar surface area (TPSA) is 59.6 Å². The van der Waals surface area contributed by atoms with Crippen LogP contribution in [0.2, 0.25) is 0 Å². The highest BCUT2D eigenvalue weighted by Gasteiger charge is 2.20. The molecule has 0 saturated heterocycles. The van der Waals surface area contributed by atoms with Crippen LogP contribution < -0.4 is 20.1 Å². The van der Waals surface area contributed by atoms with Gasteiger partial charge in [-0.25, -0.2) is 0 Å². The molecule has 0 radical (unpaired) electrons. The molecule has 0 unspecified atom stereocenters. The van der Waals surface area contributed by atoms with Crippen molar-refractivity contribution in [2.45, 2.75) is 26.5 Å². The van der Waals surface area contributed by atoms with Crippen LogP contribution in [0.5, 0.6) is 11.5 Å². The van der Waals surface area contributed by atoms with Crippen molar-refractivity contribution in [2.75, 3.05) is 20.2 Å². The highest BCUT2D eigenvalue weighted by Crippen LogP contribution is 2.32. The fourth-order valence-corrected chi connectivity index (χ4v) is 1.83. The Balaban J connectivity index is 2.87. The van der Waals surface area contributed by atoms with Crippen molar-refractivity contribution in [3.8, 4) is 11.5 Å². The Morgan fingerprint density at radius 1 is 1.38 bits per heavy atom. The first-order valence-electron chi connectivity index (χ1n) is 6.63. The van der Waals surface area contributed by atoms with E-state index in [1.807, 2.05) is 13.8 Å². The summed E-state index contributed by atoms with van der Waals surface area (Å²) in [6.07, 6.45) is 0. The van der Waals surface area contributed by atoms with E-state index in [-0.39, 0.29) is 23.1 Å². The molecule has 1 atom stereocenters. The lowest BCUT2D eigenvalue weighted by Gasteiger charge is -2.16. The molecule has 0 saturated carbocycles. The number of methoxy groups -OCH3 is 1. The Morgan fingerprint density at radius 2 is 2.10 bits per heavy atom. The van der Waals surface area contributed by atoms with Crippen molar-refractivity contribution in [3.63, 3.8) is 0 Å². The van der Waals surface area contributed by atoms with Crippen molar-refractivity contribution in [2.24, 2.45) is 0 Å². The smallest absolute Gasteiger partial charge is 0.387 e. The predicted molar refractivity (Wildman–Crippen MR) is 75.1 cm³/mol. The second kappa shape index (κ2) is 8.41. The van der Waals surface area contributed by atoms with Gasteiger partial charge in [-0.3, -0.25) is 4.79 Å². The van der Waals surface area contributed by atoms with E-state index in [2.05, 4.69) is 15.4 Å². The summed E-state index contributed by atoms with van der Waals surface area (Å²) in [5.41, 5.74) is 0.0124. The van der Waals surface area contributed by atoms with Crippen LogP contribution in [0, 0.1) is 0 Å². The molecule has 1 amide bonds. The third-order valence-electron chi connectivity index (χ3n) is 2.77. The summed E-state index contributed by atoms with van der Waals surface area (Å²) < 4.78 is 34.3. The van der Waals surface area contributed by atoms with Gasteiger partial charge in [0.1, 0.15) is 0 Å². The fourth-order valence-electron chi connectivity index (χ4n) is 1.83. The van der Waals surface area contributed by atoms with Crippen LogP contribution >= 0.6 is 0 Å². The van der Waals surface area contributed by atoms with Gasteiger partial charge in [-0.1, -0.05) is 13.0 Å². The summed E-state index contributed by atoms with van der Waals surface area (Å²) >= 11 is 0. The van der Waals surface area contributed by atoms with Gasteiger partial charge in [0.25, 0.3) is 5.91 Å². The van der Waals surface area contributed by atoms with E-state index < -0.39 is 12.5 Å². The average Bonchev–Trinajstić information content (AvgIpc) is 2.44. The molecule has 1 aromatic rings. The number of halogens is 2. The Labute approximate surface area is 122 Å². The van der Waals surface area contributed by atoms with Crippen molar-refractivity contribution in [1.29, 1.82) is 0 Å². The summed E-state index contributed by atoms with van der Waals surface area (Å²) in [5.74, 6) is -0.666. The Kier molecular flexibility index (Phi) is 6.87. The number of nitrogens with one attached hydrogen (secondary N) is 2. The first-order chi connectivity index (χ1) is 9.99. The maximum atomic E-state index is 12.5. The first-order valence-corrected chi connectivity index (χ1v) is 6.63. The van der Waals surface area contributed by atoms with E-state index in [0.717, 1.165) is 6.54 Å². The number of amides is 1. The summed E-state index contributed by atoms with van der Waals surface area (Å²) in [4.78, 5) is 12.1. The molecule has 2 N–H and O–H groups in total. The van der Waals surface area contributed by atoms with Gasteiger partial charge in [0, 0.05) is 12.6 Å². The van der Waals surface area contributed by atoms with E-state index in [4.69, 9.17) is 4.74 Å². The maximum Gasteiger partial charge on any atom is 0.387 e. The number of carbonyl (C=O) groups is 1. The summed E-state index contributed by atoms with van der Waals surface area (Å²) in [6.45, 7) is 1.97. The fraction of sp³-hybridized carbons (Fsp3) is 0.500. The zero-order chi connectivity index (χ0) is 15.8. The molecule has 0 fully saturated rings. The van der Waals surface area contributed by atoms with Gasteiger partial charge >= 0.3 is 6.61 Å². The number of alkyl halides is 2. The van der Waals surface area contributed by atoms with Crippen LogP contribution in [0.25, 0.3) is 0 Å². The van der Waals surface area contributed by atoms with Gasteiger partial charge in [-0.15, -0.1) is 0 Å². The zero-order valence-corrected chi connectivity index (χ0v) is 12.3. The minimum atomic E-state index is -3.03. The third kappa shape index (κ3) is 5.18. The monoisotopic (exact) mass is 302 g/mol. The Hall–Kier alpha value is -1.89. The van der Waals surface area contributed by atoms with Gasteiger partial charge in [0.15, 0.2) is 11.5 Å². The van der Waals surface area contributed by atoms with Crippen molar-refractivity contribution in [3.05, 3.63) is 23.8 Å². The molecule has 0 bridgehead atoms. The molecule has 0 aliphatic heterocycles. The normalized spacial score (nSPS) is 12.1. The Bertz CT molecular complexity index is 470. The molecule has 0 aliphatic carbocycles. The molecule has 0 spiro atoms. The lowest BCUT2D eigenvalue weighted by Crippen LogP contribution is -2.38. The van der Waals surface area contributed by atoms with E-state index in [1.165, 1.54) is 19.2 Å². The van der Waals surface area contributed by atoms with E-state index in [9.17, 15) is 13.6 Å². The number of benzene rings is 1. The standard InChI is InChI=1S/C14H20F2N2O3/c1-4-17-9(2)8-18-13(19)10-6-5-7-11(20-3)12(10)21-14(15)16/h5-7,9,14,17H,4,8H2,1-3H3,(H,18,19)/t9-/m1/s1. The zero-order valence-electron chi connectivity index (χ0n) is 12.3. The van der Waals surface area contributed by atoms with Crippen LogP contribution in [0.15, 0.2) is 18.2 Å². The van der Waals surface area contributed by atoms with Gasteiger partial charge in [0.05, 0.1) is 12.7 Å². The lowest BCUT2D eigenvalue weighted by atomic mass is 10.1. The number of hydrogen-bond acceptors (Lipinski definition) is 4. The minimum absolute atomic E-state index is 0.0124. The lowest BCUT2D eigenvalue weighted by molar-refractivity contribution is -0.0515. The van der Waals surface area contributed by atoms with Gasteiger partial charge < -0.3 is 20.1 Å². The SMILES string of the molecule is CCN[C@H](C)CNC(=O)c1cccc(OC)c1OC(F)F. The minimum Gasteiger partial charge on any atom is -0.493 e. The van der Waals surface area contributed by atoms with Gasteiger partial charge in [-0.2, -0.15) is 8.78 Å². The van der Waals surface area contributed by atoms with Crippen molar-refractivity contribution < 1.29 is 23.0 Å². The number of ether oxygens (including phenoxy) is 2. The maximum absolute atomic E-state index is 12.5. The number of rotatable bonds is 8. The Morgan fingerprint density at radius 3 is 2.67 bits per heavy atom. The number of hydrogen-bond donors (Lipinski definition) is 2. The largest absolute Gasteiger partial charge is 0.493 e. The molecule has 1 aromatic carbocycles. The van der Waals surface area contributed by atoms with Crippen LogP contribution in [0.3, 0.4) is 0 Å². The van der Waals surface area contributed by atoms with E-state index >= 15 is 0 Å². The molecular weight excluding hydrogens is 282 g/mol. The van der Waals surface area contributed by atoms with Crippen LogP contribution in [-0.4, -0.2) is 38.8 Å². The molecular formula is C14H20F2N2O3. The molecule has 7 heteroatoms. The molecule has 21 heavy (non-hydrogen) atoms. The highest BCUT2D eigenvalue weighted by atomic mass is 19.3. The third-order valence-corrected chi connectivity index (χ3v) is 2.77. The second-order valence-electron chi connectivity index (χ2n) is 4.38. The number of likely N-dealkylation sites (N-methyl/N-ethyl adjacent to an activating group) is 1. The molecule has 118 valence electrons. The number of para-hydroxylation sites is 1. The summed E-state index contributed by atoms with van der Waals surface area (Å²) in [7, 11) is 1.32. The van der Waals surface area contributed by atoms with Crippen LogP contribution in [-0.2, 0) is 0 Å². The van der Waals surface area contributed by atoms with E-state index in [0.29, 0.717) is 6.54 Å². The first kappa shape index (κ1) is 17.2. The number of carbonyl (C=O) groups excluding carboxylic acids is 1. The van der Waals surface area contributed by atoms with Crippen LogP contribution in [0.1, 0.15) is 24.2 Å². The molecule has 0 heterocycles. The molecule has 0 aliphatic rings. The van der Waals surface area contributed by atoms with Gasteiger partial charge in [-0.05, 0) is 25.6 Å². The van der Waals surface area contributed by atoms with Crippen molar-refractivity contribution in [1.82, 2.24) is 10.6 Å². The molecule has 5 nitrogen and oxygen atoms in total. The molecule has 0 aromatic heterocycles. The molecule has 1 rings (SSSR count). The summed E-state index contributed by atoms with van der Waals surface area (Å²) in [5, 5.41) is 5.80. The highest BCUT2D eigenvalue weighted by molar-refractivity contribution is 5.97. The predicted octanol–water partition coefficient (Wildman–Crippen LogP) is 2.02. The van der Waals surface area contributed by atoms with Crippen LogP contribution in [0.4, 0.5) is 8.78 Å². The average molecular weight is 302 g/mol. The second-order valence-corrected chi connectivity index (χ2v) is 4.38. The summed E-state index contributed by atoms with van der Waals surface area (Å²) in [6, 6.07) is 4.48. The van der Waals surface area contributed by atoms with E-state index in [1.54, 1.807) is 6.07 Å². The van der Waals surface area contributed by atoms with Crippen molar-refractivity contribution >= 4 is 5.91 Å². The van der Waals surface area contributed by atoms with Gasteiger partial charge in [0.2, 0.25) is 0 Å².